The summed E-state index contributed by atoms with van der Waals surface area (Å²) in [5.41, 5.74) is 7.21. The molecule has 0 bridgehead atoms. The van der Waals surface area contributed by atoms with E-state index in [1.54, 1.807) is 0 Å². The molecule has 0 atom stereocenters. The zero-order valence-corrected chi connectivity index (χ0v) is 11.6. The zero-order valence-electron chi connectivity index (χ0n) is 10.8. The van der Waals surface area contributed by atoms with Crippen molar-refractivity contribution < 1.29 is 9.13 Å². The number of benzene rings is 1. The highest BCUT2D eigenvalue weighted by Crippen LogP contribution is 2.27. The zero-order chi connectivity index (χ0) is 13.5. The van der Waals surface area contributed by atoms with Crippen LogP contribution in [0.1, 0.15) is 24.0 Å². The van der Waals surface area contributed by atoms with Gasteiger partial charge in [0.2, 0.25) is 0 Å². The van der Waals surface area contributed by atoms with Crippen LogP contribution < -0.4 is 5.73 Å². The third-order valence-corrected chi connectivity index (χ3v) is 4.46. The SMILES string of the molecule is NCC#Cc1cc(F)ccc1CSC1CCOCC1. The van der Waals surface area contributed by atoms with Crippen LogP contribution in [0.2, 0.25) is 0 Å². The molecule has 4 heteroatoms. The van der Waals surface area contributed by atoms with Crippen LogP contribution in [-0.2, 0) is 10.5 Å². The fraction of sp³-hybridized carbons (Fsp3) is 0.467. The molecular formula is C15H18FNOS. The summed E-state index contributed by atoms with van der Waals surface area (Å²) in [6.07, 6.45) is 2.19. The molecule has 1 fully saturated rings. The first kappa shape index (κ1) is 14.4. The molecule has 1 aromatic rings. The number of thioether (sulfide) groups is 1. The lowest BCUT2D eigenvalue weighted by Gasteiger charge is -2.21. The Morgan fingerprint density at radius 2 is 2.16 bits per heavy atom. The summed E-state index contributed by atoms with van der Waals surface area (Å²) in [5.74, 6) is 6.35. The van der Waals surface area contributed by atoms with Gasteiger partial charge in [0.1, 0.15) is 5.82 Å². The highest BCUT2D eigenvalue weighted by atomic mass is 32.2. The van der Waals surface area contributed by atoms with Crippen molar-refractivity contribution in [1.82, 2.24) is 0 Å². The summed E-state index contributed by atoms with van der Waals surface area (Å²) in [7, 11) is 0. The van der Waals surface area contributed by atoms with E-state index in [1.807, 2.05) is 17.8 Å². The molecule has 0 saturated carbocycles. The van der Waals surface area contributed by atoms with Gasteiger partial charge in [0, 0.05) is 29.8 Å². The Labute approximate surface area is 117 Å². The second kappa shape index (κ2) is 7.54. The van der Waals surface area contributed by atoms with Crippen molar-refractivity contribution in [3.63, 3.8) is 0 Å². The van der Waals surface area contributed by atoms with E-state index >= 15 is 0 Å². The molecule has 0 spiro atoms. The minimum absolute atomic E-state index is 0.249. The second-order valence-electron chi connectivity index (χ2n) is 4.43. The van der Waals surface area contributed by atoms with Gasteiger partial charge in [-0.1, -0.05) is 17.9 Å². The Kier molecular flexibility index (Phi) is 5.71. The first-order valence-corrected chi connectivity index (χ1v) is 7.51. The van der Waals surface area contributed by atoms with Crippen molar-refractivity contribution in [2.45, 2.75) is 23.8 Å². The average Bonchev–Trinajstić information content (AvgIpc) is 2.45. The van der Waals surface area contributed by atoms with Crippen molar-refractivity contribution in [2.24, 2.45) is 5.73 Å². The molecule has 0 radical (unpaired) electrons. The predicted octanol–water partition coefficient (Wildman–Crippen LogP) is 2.55. The van der Waals surface area contributed by atoms with Crippen LogP contribution in [0, 0.1) is 17.7 Å². The second-order valence-corrected chi connectivity index (χ2v) is 5.72. The Balaban J connectivity index is 2.02. The quantitative estimate of drug-likeness (QED) is 0.864. The minimum Gasteiger partial charge on any atom is -0.381 e. The minimum atomic E-state index is -0.249. The van der Waals surface area contributed by atoms with Gasteiger partial charge in [-0.3, -0.25) is 0 Å². The van der Waals surface area contributed by atoms with Crippen molar-refractivity contribution >= 4 is 11.8 Å². The van der Waals surface area contributed by atoms with Gasteiger partial charge in [-0.25, -0.2) is 4.39 Å². The number of halogens is 1. The maximum absolute atomic E-state index is 13.2. The van der Waals surface area contributed by atoms with Gasteiger partial charge in [-0.05, 0) is 30.5 Å². The number of nitrogens with two attached hydrogens (primary N) is 1. The molecule has 0 aliphatic carbocycles. The van der Waals surface area contributed by atoms with Crippen LogP contribution in [0.15, 0.2) is 18.2 Å². The van der Waals surface area contributed by atoms with Gasteiger partial charge >= 0.3 is 0 Å². The van der Waals surface area contributed by atoms with Crippen LogP contribution in [0.5, 0.6) is 0 Å². The van der Waals surface area contributed by atoms with Crippen LogP contribution in [0.4, 0.5) is 4.39 Å². The van der Waals surface area contributed by atoms with Gasteiger partial charge in [-0.2, -0.15) is 11.8 Å². The lowest BCUT2D eigenvalue weighted by molar-refractivity contribution is 0.1000. The number of hydrogen-bond donors (Lipinski definition) is 1. The lowest BCUT2D eigenvalue weighted by atomic mass is 10.1. The van der Waals surface area contributed by atoms with Crippen LogP contribution in [0.3, 0.4) is 0 Å². The summed E-state index contributed by atoms with van der Waals surface area (Å²) in [6.45, 7) is 1.99. The van der Waals surface area contributed by atoms with Crippen LogP contribution in [0.25, 0.3) is 0 Å². The highest BCUT2D eigenvalue weighted by molar-refractivity contribution is 7.99. The third-order valence-electron chi connectivity index (χ3n) is 3.04. The molecule has 19 heavy (non-hydrogen) atoms. The fourth-order valence-corrected chi connectivity index (χ4v) is 3.18. The van der Waals surface area contributed by atoms with Crippen molar-refractivity contribution in [3.05, 3.63) is 35.1 Å². The molecule has 1 aliphatic heterocycles. The maximum Gasteiger partial charge on any atom is 0.124 e. The van der Waals surface area contributed by atoms with E-state index in [0.29, 0.717) is 11.8 Å². The normalized spacial score (nSPS) is 15.9. The monoisotopic (exact) mass is 279 g/mol. The van der Waals surface area contributed by atoms with Gasteiger partial charge in [0.05, 0.1) is 6.54 Å². The molecule has 2 nitrogen and oxygen atoms in total. The third kappa shape index (κ3) is 4.54. The van der Waals surface area contributed by atoms with Gasteiger partial charge in [0.25, 0.3) is 0 Å². The van der Waals surface area contributed by atoms with Crippen molar-refractivity contribution in [2.75, 3.05) is 19.8 Å². The number of ether oxygens (including phenoxy) is 1. The van der Waals surface area contributed by atoms with Crippen LogP contribution >= 0.6 is 11.8 Å². The van der Waals surface area contributed by atoms with E-state index in [4.69, 9.17) is 10.5 Å². The number of rotatable bonds is 3. The molecule has 1 aromatic carbocycles. The summed E-state index contributed by atoms with van der Waals surface area (Å²) >= 11 is 1.90. The largest absolute Gasteiger partial charge is 0.381 e. The van der Waals surface area contributed by atoms with Crippen molar-refractivity contribution in [1.29, 1.82) is 0 Å². The smallest absolute Gasteiger partial charge is 0.124 e. The van der Waals surface area contributed by atoms with Crippen molar-refractivity contribution in [3.8, 4) is 11.8 Å². The lowest BCUT2D eigenvalue weighted by Crippen LogP contribution is -2.17. The molecule has 1 saturated heterocycles. The Morgan fingerprint density at radius 3 is 2.89 bits per heavy atom. The summed E-state index contributed by atoms with van der Waals surface area (Å²) in [4.78, 5) is 0. The molecule has 2 rings (SSSR count). The summed E-state index contributed by atoms with van der Waals surface area (Å²) in [6, 6.07) is 4.80. The molecule has 1 aliphatic rings. The number of hydrogen-bond acceptors (Lipinski definition) is 3. The Bertz CT molecular complexity index is 475. The predicted molar refractivity (Wildman–Crippen MR) is 77.5 cm³/mol. The van der Waals surface area contributed by atoms with E-state index in [-0.39, 0.29) is 5.82 Å². The van der Waals surface area contributed by atoms with E-state index in [0.717, 1.165) is 42.9 Å². The van der Waals surface area contributed by atoms with Gasteiger partial charge in [0.15, 0.2) is 0 Å². The molecular weight excluding hydrogens is 261 g/mol. The van der Waals surface area contributed by atoms with E-state index < -0.39 is 0 Å². The van der Waals surface area contributed by atoms with E-state index in [9.17, 15) is 4.39 Å². The molecule has 102 valence electrons. The van der Waals surface area contributed by atoms with Gasteiger partial charge in [-0.15, -0.1) is 0 Å². The first-order valence-electron chi connectivity index (χ1n) is 6.46. The first-order chi connectivity index (χ1) is 9.29. The topological polar surface area (TPSA) is 35.2 Å². The standard InChI is InChI=1S/C15H18FNOS/c16-14-4-3-13(12(10-14)2-1-7-17)11-19-15-5-8-18-9-6-15/h3-4,10,15H,5-9,11,17H2. The van der Waals surface area contributed by atoms with E-state index in [1.165, 1.54) is 12.1 Å². The Morgan fingerprint density at radius 1 is 1.37 bits per heavy atom. The fourth-order valence-electron chi connectivity index (χ4n) is 1.99. The molecule has 0 amide bonds. The molecule has 2 N–H and O–H groups in total. The van der Waals surface area contributed by atoms with Gasteiger partial charge < -0.3 is 10.5 Å². The van der Waals surface area contributed by atoms with E-state index in [2.05, 4.69) is 11.8 Å². The average molecular weight is 279 g/mol. The summed E-state index contributed by atoms with van der Waals surface area (Å²) in [5, 5.41) is 0.633. The molecule has 1 heterocycles. The highest BCUT2D eigenvalue weighted by Gasteiger charge is 2.14. The van der Waals surface area contributed by atoms with Crippen LogP contribution in [-0.4, -0.2) is 25.0 Å². The Hall–Kier alpha value is -1.02. The maximum atomic E-state index is 13.2. The molecule has 0 unspecified atom stereocenters. The summed E-state index contributed by atoms with van der Waals surface area (Å²) < 4.78 is 18.6. The molecule has 0 aromatic heterocycles.